The molecule has 0 spiro atoms. The summed E-state index contributed by atoms with van der Waals surface area (Å²) in [5.74, 6) is 3.19. The molecular formula is C25H46O3Si2. The van der Waals surface area contributed by atoms with Crippen molar-refractivity contribution in [1.29, 1.82) is 0 Å². The molecule has 5 heteroatoms. The van der Waals surface area contributed by atoms with Crippen molar-refractivity contribution in [2.45, 2.75) is 117 Å². The average molecular weight is 451 g/mol. The standard InChI is InChI=1S/C25H46O3Si2/c1-24-13-11-17(27-29(3,4)5)15-21(24)22(28-30(6,7)8)16-18-19-9-10-23(26)25(19,2)14-12-20(18)24/h17-22H,9-16H2,1-8H3/t17-,18+,19+,20+,21+,22+,24-,25+/m1/s1. The maximum absolute atomic E-state index is 12.8. The van der Waals surface area contributed by atoms with Crippen molar-refractivity contribution in [3.05, 3.63) is 0 Å². The maximum Gasteiger partial charge on any atom is 0.184 e. The lowest BCUT2D eigenvalue weighted by atomic mass is 9.44. The van der Waals surface area contributed by atoms with Gasteiger partial charge in [0.1, 0.15) is 5.78 Å². The molecule has 0 bridgehead atoms. The van der Waals surface area contributed by atoms with Crippen LogP contribution >= 0.6 is 0 Å². The van der Waals surface area contributed by atoms with Gasteiger partial charge in [-0.3, -0.25) is 4.79 Å². The van der Waals surface area contributed by atoms with E-state index in [1.54, 1.807) is 0 Å². The molecule has 0 aliphatic heterocycles. The van der Waals surface area contributed by atoms with Crippen LogP contribution in [0.2, 0.25) is 39.3 Å². The molecule has 0 unspecified atom stereocenters. The van der Waals surface area contributed by atoms with Crippen molar-refractivity contribution >= 4 is 22.4 Å². The Hall–Kier alpha value is 0.0238. The zero-order valence-electron chi connectivity index (χ0n) is 20.8. The van der Waals surface area contributed by atoms with Crippen LogP contribution in [0.1, 0.15) is 65.2 Å². The quantitative estimate of drug-likeness (QED) is 0.450. The van der Waals surface area contributed by atoms with Gasteiger partial charge in [0.25, 0.3) is 0 Å². The summed E-state index contributed by atoms with van der Waals surface area (Å²) in [6.45, 7) is 18.9. The van der Waals surface area contributed by atoms with Gasteiger partial charge < -0.3 is 8.85 Å². The van der Waals surface area contributed by atoms with Gasteiger partial charge in [-0.25, -0.2) is 0 Å². The number of hydrogen-bond acceptors (Lipinski definition) is 3. The molecule has 0 aromatic carbocycles. The molecule has 30 heavy (non-hydrogen) atoms. The number of carbonyl (C=O) groups is 1. The van der Waals surface area contributed by atoms with E-state index >= 15 is 0 Å². The van der Waals surface area contributed by atoms with Gasteiger partial charge >= 0.3 is 0 Å². The lowest BCUT2D eigenvalue weighted by molar-refractivity contribution is -0.165. The van der Waals surface area contributed by atoms with E-state index in [2.05, 4.69) is 53.1 Å². The third kappa shape index (κ3) is 4.06. The minimum Gasteiger partial charge on any atom is -0.415 e. The fourth-order valence-electron chi connectivity index (χ4n) is 8.19. The molecule has 4 rings (SSSR count). The number of fused-ring (bicyclic) bond motifs is 5. The summed E-state index contributed by atoms with van der Waals surface area (Å²) in [5, 5.41) is 0. The van der Waals surface area contributed by atoms with Crippen LogP contribution in [-0.4, -0.2) is 34.6 Å². The Labute approximate surface area is 187 Å². The smallest absolute Gasteiger partial charge is 0.184 e. The van der Waals surface area contributed by atoms with Crippen LogP contribution in [-0.2, 0) is 13.6 Å². The van der Waals surface area contributed by atoms with Gasteiger partial charge in [-0.05, 0) is 113 Å². The lowest BCUT2D eigenvalue weighted by Gasteiger charge is -2.63. The minimum absolute atomic E-state index is 0.0494. The second-order valence-electron chi connectivity index (χ2n) is 13.5. The second-order valence-corrected chi connectivity index (χ2v) is 22.5. The zero-order valence-corrected chi connectivity index (χ0v) is 22.8. The normalized spacial score (nSPS) is 46.9. The van der Waals surface area contributed by atoms with Crippen LogP contribution < -0.4 is 0 Å². The van der Waals surface area contributed by atoms with Gasteiger partial charge in [0.2, 0.25) is 0 Å². The van der Waals surface area contributed by atoms with Gasteiger partial charge in [0, 0.05) is 24.0 Å². The molecule has 4 fully saturated rings. The molecule has 0 heterocycles. The molecule has 0 saturated heterocycles. The topological polar surface area (TPSA) is 35.5 Å². The summed E-state index contributed by atoms with van der Waals surface area (Å²) >= 11 is 0. The number of Topliss-reactive ketones (excluding diaryl/α,β-unsaturated/α-hetero) is 1. The second kappa shape index (κ2) is 7.53. The van der Waals surface area contributed by atoms with E-state index in [1.165, 1.54) is 32.1 Å². The maximum atomic E-state index is 12.8. The highest BCUT2D eigenvalue weighted by Crippen LogP contribution is 2.66. The van der Waals surface area contributed by atoms with Crippen LogP contribution in [0.4, 0.5) is 0 Å². The first kappa shape index (κ1) is 23.2. The largest absolute Gasteiger partial charge is 0.415 e. The molecule has 4 aliphatic rings. The summed E-state index contributed by atoms with van der Waals surface area (Å²) in [7, 11) is -3.18. The first-order valence-electron chi connectivity index (χ1n) is 12.6. The Kier molecular flexibility index (Phi) is 5.82. The Morgan fingerprint density at radius 3 is 2.10 bits per heavy atom. The first-order valence-corrected chi connectivity index (χ1v) is 19.4. The predicted octanol–water partition coefficient (Wildman–Crippen LogP) is 6.65. The number of hydrogen-bond donors (Lipinski definition) is 0. The molecule has 3 nitrogen and oxygen atoms in total. The van der Waals surface area contributed by atoms with Gasteiger partial charge in [-0.1, -0.05) is 13.8 Å². The molecule has 0 aromatic heterocycles. The summed E-state index contributed by atoms with van der Waals surface area (Å²) in [6.07, 6.45) is 9.92. The highest BCUT2D eigenvalue weighted by molar-refractivity contribution is 6.70. The van der Waals surface area contributed by atoms with Crippen LogP contribution in [0.3, 0.4) is 0 Å². The van der Waals surface area contributed by atoms with Crippen LogP contribution in [0.15, 0.2) is 0 Å². The summed E-state index contributed by atoms with van der Waals surface area (Å²) in [5.41, 5.74) is 0.297. The number of carbonyl (C=O) groups excluding carboxylic acids is 1. The van der Waals surface area contributed by atoms with Crippen LogP contribution in [0.5, 0.6) is 0 Å². The third-order valence-corrected chi connectivity index (χ3v) is 11.4. The number of ketones is 1. The van der Waals surface area contributed by atoms with Crippen LogP contribution in [0.25, 0.3) is 0 Å². The van der Waals surface area contributed by atoms with Gasteiger partial charge in [0.15, 0.2) is 16.6 Å². The molecule has 0 amide bonds. The van der Waals surface area contributed by atoms with Crippen LogP contribution in [0, 0.1) is 34.5 Å². The van der Waals surface area contributed by atoms with Crippen molar-refractivity contribution < 1.29 is 13.6 Å². The van der Waals surface area contributed by atoms with Gasteiger partial charge in [-0.15, -0.1) is 0 Å². The zero-order chi connectivity index (χ0) is 22.1. The first-order chi connectivity index (χ1) is 13.7. The Bertz CT molecular complexity index is 681. The van der Waals surface area contributed by atoms with Gasteiger partial charge in [-0.2, -0.15) is 0 Å². The fourth-order valence-corrected chi connectivity index (χ4v) is 10.6. The van der Waals surface area contributed by atoms with E-state index in [-0.39, 0.29) is 5.41 Å². The summed E-state index contributed by atoms with van der Waals surface area (Å²) < 4.78 is 13.6. The van der Waals surface area contributed by atoms with Crippen molar-refractivity contribution in [3.8, 4) is 0 Å². The van der Waals surface area contributed by atoms with E-state index in [0.717, 1.165) is 25.2 Å². The Morgan fingerprint density at radius 2 is 1.47 bits per heavy atom. The molecule has 172 valence electrons. The summed E-state index contributed by atoms with van der Waals surface area (Å²) in [4.78, 5) is 12.8. The molecule has 0 N–H and O–H groups in total. The third-order valence-electron chi connectivity index (χ3n) is 9.34. The van der Waals surface area contributed by atoms with E-state index < -0.39 is 16.6 Å². The molecular weight excluding hydrogens is 404 g/mol. The van der Waals surface area contributed by atoms with E-state index in [1.807, 2.05) is 0 Å². The van der Waals surface area contributed by atoms with Crippen molar-refractivity contribution in [2.75, 3.05) is 0 Å². The molecule has 4 saturated carbocycles. The number of rotatable bonds is 4. The van der Waals surface area contributed by atoms with E-state index in [9.17, 15) is 4.79 Å². The summed E-state index contributed by atoms with van der Waals surface area (Å²) in [6, 6.07) is 0. The minimum atomic E-state index is -1.64. The fraction of sp³-hybridized carbons (Fsp3) is 0.960. The van der Waals surface area contributed by atoms with Crippen molar-refractivity contribution in [1.82, 2.24) is 0 Å². The Morgan fingerprint density at radius 1 is 0.800 bits per heavy atom. The molecule has 0 aromatic rings. The Balaban J connectivity index is 1.65. The van der Waals surface area contributed by atoms with Gasteiger partial charge in [0.05, 0.1) is 0 Å². The monoisotopic (exact) mass is 450 g/mol. The SMILES string of the molecule is C[C@]12CC[C@@H](O[Si](C)(C)C)C[C@H]1[C@@H](O[Si](C)(C)C)C[C@@H]1[C@@H]2CC[C@]2(C)C(=O)CC[C@@H]12. The average Bonchev–Trinajstić information content (AvgIpc) is 2.89. The molecule has 8 atom stereocenters. The molecule has 4 aliphatic carbocycles. The van der Waals surface area contributed by atoms with Crippen molar-refractivity contribution in [3.63, 3.8) is 0 Å². The molecule has 0 radical (unpaired) electrons. The predicted molar refractivity (Wildman–Crippen MR) is 129 cm³/mol. The van der Waals surface area contributed by atoms with E-state index in [4.69, 9.17) is 8.85 Å². The van der Waals surface area contributed by atoms with Crippen molar-refractivity contribution in [2.24, 2.45) is 34.5 Å². The highest BCUT2D eigenvalue weighted by Gasteiger charge is 2.62. The van der Waals surface area contributed by atoms with E-state index in [0.29, 0.717) is 41.2 Å². The highest BCUT2D eigenvalue weighted by atomic mass is 28.4. The lowest BCUT2D eigenvalue weighted by Crippen LogP contribution is -2.60.